The van der Waals surface area contributed by atoms with Crippen LogP contribution in [0.5, 0.6) is 0 Å². The van der Waals surface area contributed by atoms with Gasteiger partial charge in [-0.15, -0.1) is 0 Å². The van der Waals surface area contributed by atoms with Crippen molar-refractivity contribution in [2.24, 2.45) is 0 Å². The van der Waals surface area contributed by atoms with E-state index in [0.29, 0.717) is 11.9 Å². The Labute approximate surface area is 144 Å². The first-order chi connectivity index (χ1) is 11.7. The fourth-order valence-corrected chi connectivity index (χ4v) is 4.02. The summed E-state index contributed by atoms with van der Waals surface area (Å²) in [4.78, 5) is 25.5. The number of alkyl halides is 3. The molecule has 0 aliphatic carbocycles. The number of carboxylic acid groups (broad SMARTS) is 1. The van der Waals surface area contributed by atoms with E-state index in [1.54, 1.807) is 0 Å². The zero-order valence-electron chi connectivity index (χ0n) is 14.3. The Balaban J connectivity index is 0.000000277. The molecule has 25 heavy (non-hydrogen) atoms. The number of ether oxygens (including phenoxy) is 1. The average Bonchev–Trinajstić information content (AvgIpc) is 3.17. The van der Waals surface area contributed by atoms with Gasteiger partial charge in [0.25, 0.3) is 0 Å². The molecule has 6 nitrogen and oxygen atoms in total. The van der Waals surface area contributed by atoms with Crippen LogP contribution >= 0.6 is 0 Å². The van der Waals surface area contributed by atoms with Gasteiger partial charge in [0.1, 0.15) is 0 Å². The van der Waals surface area contributed by atoms with Crippen molar-refractivity contribution in [1.82, 2.24) is 9.80 Å². The zero-order valence-corrected chi connectivity index (χ0v) is 14.3. The second-order valence-corrected chi connectivity index (χ2v) is 6.72. The van der Waals surface area contributed by atoms with Crippen molar-refractivity contribution < 1.29 is 32.6 Å². The number of amides is 1. The maximum absolute atomic E-state index is 11.9. The molecule has 1 unspecified atom stereocenters. The van der Waals surface area contributed by atoms with Crippen molar-refractivity contribution in [2.45, 2.75) is 56.8 Å². The van der Waals surface area contributed by atoms with Crippen molar-refractivity contribution in [3.63, 3.8) is 0 Å². The molecule has 0 radical (unpaired) electrons. The summed E-state index contributed by atoms with van der Waals surface area (Å²) in [6.45, 7) is 7.10. The predicted octanol–water partition coefficient (Wildman–Crippen LogP) is 1.89. The third-order valence-electron chi connectivity index (χ3n) is 5.39. The molecule has 3 rings (SSSR count). The van der Waals surface area contributed by atoms with Crippen LogP contribution in [-0.4, -0.2) is 77.4 Å². The first kappa shape index (κ1) is 20.0. The molecule has 1 N–H and O–H groups in total. The Hall–Kier alpha value is -1.35. The molecule has 1 atom stereocenters. The van der Waals surface area contributed by atoms with E-state index in [1.165, 1.54) is 6.42 Å². The van der Waals surface area contributed by atoms with Crippen molar-refractivity contribution in [3.8, 4) is 0 Å². The molecule has 144 valence electrons. The molecule has 3 fully saturated rings. The summed E-state index contributed by atoms with van der Waals surface area (Å²) in [5, 5.41) is 7.12. The maximum atomic E-state index is 11.9. The topological polar surface area (TPSA) is 70.1 Å². The van der Waals surface area contributed by atoms with Crippen LogP contribution in [0.4, 0.5) is 13.2 Å². The lowest BCUT2D eigenvalue weighted by atomic mass is 9.84. The normalized spacial score (nSPS) is 26.6. The number of hydrogen-bond acceptors (Lipinski definition) is 4. The van der Waals surface area contributed by atoms with Gasteiger partial charge in [-0.05, 0) is 32.6 Å². The van der Waals surface area contributed by atoms with E-state index < -0.39 is 12.1 Å². The number of carbonyl (C=O) groups excluding carboxylic acids is 1. The minimum Gasteiger partial charge on any atom is -0.475 e. The Kier molecular flexibility index (Phi) is 6.31. The fourth-order valence-electron chi connectivity index (χ4n) is 4.02. The molecular formula is C16H25F3N2O4. The van der Waals surface area contributed by atoms with Gasteiger partial charge in [-0.3, -0.25) is 9.69 Å². The minimum atomic E-state index is -5.08. The molecule has 0 saturated carbocycles. The van der Waals surface area contributed by atoms with Gasteiger partial charge in [-0.1, -0.05) is 0 Å². The van der Waals surface area contributed by atoms with Crippen LogP contribution in [0, 0.1) is 0 Å². The minimum absolute atomic E-state index is 0.196. The van der Waals surface area contributed by atoms with E-state index in [0.717, 1.165) is 58.5 Å². The van der Waals surface area contributed by atoms with Crippen molar-refractivity contribution in [1.29, 1.82) is 0 Å². The number of nitrogens with zero attached hydrogens (tertiary/aromatic N) is 2. The molecule has 3 aliphatic heterocycles. The number of halogens is 3. The summed E-state index contributed by atoms with van der Waals surface area (Å²) >= 11 is 0. The highest BCUT2D eigenvalue weighted by molar-refractivity contribution is 5.79. The van der Waals surface area contributed by atoms with Gasteiger partial charge in [0.05, 0.1) is 6.61 Å². The quantitative estimate of drug-likeness (QED) is 0.808. The number of rotatable bonds is 2. The van der Waals surface area contributed by atoms with Crippen LogP contribution in [-0.2, 0) is 14.3 Å². The predicted molar refractivity (Wildman–Crippen MR) is 83.1 cm³/mol. The fraction of sp³-hybridized carbons (Fsp3) is 0.875. The molecule has 1 spiro atoms. The Morgan fingerprint density at radius 1 is 1.32 bits per heavy atom. The van der Waals surface area contributed by atoms with E-state index >= 15 is 0 Å². The number of likely N-dealkylation sites (tertiary alicyclic amines) is 2. The Morgan fingerprint density at radius 2 is 1.92 bits per heavy atom. The molecule has 1 amide bonds. The van der Waals surface area contributed by atoms with Gasteiger partial charge in [0.15, 0.2) is 0 Å². The van der Waals surface area contributed by atoms with E-state index in [1.807, 2.05) is 0 Å². The smallest absolute Gasteiger partial charge is 0.475 e. The van der Waals surface area contributed by atoms with E-state index in [9.17, 15) is 18.0 Å². The zero-order chi connectivity index (χ0) is 18.7. The standard InChI is InChI=1S/C14H24N2O2.C2HF3O2/c1-2-16-13(17)3-5-14(16)6-8-15(9-7-14)12-4-10-18-11-12;3-2(4,5)1(6)7/h12H,2-11H2,1H3;(H,6,7). The number of carboxylic acids is 1. The van der Waals surface area contributed by atoms with Gasteiger partial charge < -0.3 is 14.7 Å². The Morgan fingerprint density at radius 3 is 2.36 bits per heavy atom. The van der Waals surface area contributed by atoms with Crippen molar-refractivity contribution in [3.05, 3.63) is 0 Å². The summed E-state index contributed by atoms with van der Waals surface area (Å²) in [5.41, 5.74) is 0.196. The average molecular weight is 366 g/mol. The first-order valence-corrected chi connectivity index (χ1v) is 8.62. The Bertz CT molecular complexity index is 484. The second kappa shape index (κ2) is 7.90. The SMILES string of the molecule is CCN1C(=O)CCC12CCN(C1CCOC1)CC2.O=C(O)C(F)(F)F. The van der Waals surface area contributed by atoms with Gasteiger partial charge in [-0.2, -0.15) is 13.2 Å². The molecule has 0 aromatic rings. The third-order valence-corrected chi connectivity index (χ3v) is 5.39. The van der Waals surface area contributed by atoms with Crippen LogP contribution in [0.3, 0.4) is 0 Å². The lowest BCUT2D eigenvalue weighted by Crippen LogP contribution is -2.54. The number of piperidine rings is 1. The number of aliphatic carboxylic acids is 1. The van der Waals surface area contributed by atoms with E-state index in [2.05, 4.69) is 16.7 Å². The summed E-state index contributed by atoms with van der Waals surface area (Å²) in [6, 6.07) is 0.634. The maximum Gasteiger partial charge on any atom is 0.490 e. The third kappa shape index (κ3) is 4.63. The molecule has 0 aromatic heterocycles. The lowest BCUT2D eigenvalue weighted by Gasteiger charge is -2.46. The summed E-state index contributed by atoms with van der Waals surface area (Å²) in [7, 11) is 0. The van der Waals surface area contributed by atoms with Gasteiger partial charge in [-0.25, -0.2) is 4.79 Å². The first-order valence-electron chi connectivity index (χ1n) is 8.62. The summed E-state index contributed by atoms with van der Waals surface area (Å²) in [6.07, 6.45) is 0.255. The monoisotopic (exact) mass is 366 g/mol. The van der Waals surface area contributed by atoms with Crippen LogP contribution < -0.4 is 0 Å². The van der Waals surface area contributed by atoms with Gasteiger partial charge >= 0.3 is 12.1 Å². The summed E-state index contributed by atoms with van der Waals surface area (Å²) < 4.78 is 37.2. The largest absolute Gasteiger partial charge is 0.490 e. The van der Waals surface area contributed by atoms with Crippen LogP contribution in [0.15, 0.2) is 0 Å². The van der Waals surface area contributed by atoms with Crippen molar-refractivity contribution in [2.75, 3.05) is 32.8 Å². The second-order valence-electron chi connectivity index (χ2n) is 6.72. The molecule has 3 saturated heterocycles. The molecule has 0 aromatic carbocycles. The number of carbonyl (C=O) groups is 2. The van der Waals surface area contributed by atoms with Crippen LogP contribution in [0.1, 0.15) is 39.0 Å². The molecule has 3 aliphatic rings. The van der Waals surface area contributed by atoms with Crippen LogP contribution in [0.2, 0.25) is 0 Å². The summed E-state index contributed by atoms with van der Waals surface area (Å²) in [5.74, 6) is -2.39. The highest BCUT2D eigenvalue weighted by atomic mass is 19.4. The lowest BCUT2D eigenvalue weighted by molar-refractivity contribution is -0.192. The molecule has 0 bridgehead atoms. The highest BCUT2D eigenvalue weighted by Gasteiger charge is 2.46. The molecule has 9 heteroatoms. The van der Waals surface area contributed by atoms with E-state index in [-0.39, 0.29) is 5.54 Å². The number of hydrogen-bond donors (Lipinski definition) is 1. The van der Waals surface area contributed by atoms with E-state index in [4.69, 9.17) is 14.6 Å². The van der Waals surface area contributed by atoms with Gasteiger partial charge in [0, 0.05) is 44.2 Å². The van der Waals surface area contributed by atoms with Gasteiger partial charge in [0.2, 0.25) is 5.91 Å². The molecular weight excluding hydrogens is 341 g/mol. The van der Waals surface area contributed by atoms with Crippen LogP contribution in [0.25, 0.3) is 0 Å². The van der Waals surface area contributed by atoms with Crippen molar-refractivity contribution >= 4 is 11.9 Å². The molecule has 3 heterocycles. The highest BCUT2D eigenvalue weighted by Crippen LogP contribution is 2.39.